The van der Waals surface area contributed by atoms with Crippen LogP contribution >= 0.6 is 0 Å². The number of rotatable bonds is 4. The normalized spacial score (nSPS) is 18.3. The van der Waals surface area contributed by atoms with Gasteiger partial charge < -0.3 is 9.47 Å². The molecular weight excluding hydrogens is 254 g/mol. The van der Waals surface area contributed by atoms with Gasteiger partial charge in [-0.25, -0.2) is 8.78 Å². The van der Waals surface area contributed by atoms with Crippen LogP contribution in [0.1, 0.15) is 18.4 Å². The van der Waals surface area contributed by atoms with E-state index in [1.165, 1.54) is 7.11 Å². The standard InChI is InChI=1S/C14H16F2O3/c1-18-14(4-6-19-7-5-14)13(17)9-10-8-11(15)2-3-12(10)16/h2-3,8H,4-7,9H2,1H3. The highest BCUT2D eigenvalue weighted by atomic mass is 19.1. The van der Waals surface area contributed by atoms with Gasteiger partial charge in [-0.15, -0.1) is 0 Å². The Morgan fingerprint density at radius 2 is 2.05 bits per heavy atom. The van der Waals surface area contributed by atoms with Gasteiger partial charge >= 0.3 is 0 Å². The minimum absolute atomic E-state index is 0.0629. The second-order valence-corrected chi connectivity index (χ2v) is 4.65. The average molecular weight is 270 g/mol. The Bertz CT molecular complexity index is 468. The van der Waals surface area contributed by atoms with Crippen LogP contribution in [0.25, 0.3) is 0 Å². The topological polar surface area (TPSA) is 35.5 Å². The number of hydrogen-bond acceptors (Lipinski definition) is 3. The molecule has 1 fully saturated rings. The van der Waals surface area contributed by atoms with Crippen LogP contribution in [0.3, 0.4) is 0 Å². The molecule has 0 aromatic heterocycles. The van der Waals surface area contributed by atoms with Crippen molar-refractivity contribution >= 4 is 5.78 Å². The molecule has 1 aliphatic heterocycles. The Morgan fingerprint density at radius 1 is 1.37 bits per heavy atom. The number of hydrogen-bond donors (Lipinski definition) is 0. The predicted octanol–water partition coefficient (Wildman–Crippen LogP) is 2.27. The van der Waals surface area contributed by atoms with Crippen molar-refractivity contribution in [2.75, 3.05) is 20.3 Å². The van der Waals surface area contributed by atoms with Crippen molar-refractivity contribution in [3.05, 3.63) is 35.4 Å². The molecule has 0 amide bonds. The van der Waals surface area contributed by atoms with E-state index in [0.717, 1.165) is 18.2 Å². The van der Waals surface area contributed by atoms with Crippen LogP contribution in [-0.4, -0.2) is 31.7 Å². The zero-order valence-electron chi connectivity index (χ0n) is 10.7. The van der Waals surface area contributed by atoms with Crippen LogP contribution in [0.2, 0.25) is 0 Å². The molecule has 2 rings (SSSR count). The van der Waals surface area contributed by atoms with Gasteiger partial charge in [0.2, 0.25) is 0 Å². The first kappa shape index (κ1) is 14.1. The Hall–Kier alpha value is -1.33. The summed E-state index contributed by atoms with van der Waals surface area (Å²) in [4.78, 5) is 12.3. The molecule has 0 atom stereocenters. The molecule has 0 bridgehead atoms. The summed E-state index contributed by atoms with van der Waals surface area (Å²) >= 11 is 0. The third-order valence-corrected chi connectivity index (χ3v) is 3.56. The SMILES string of the molecule is COC1(C(=O)Cc2cc(F)ccc2F)CCOCC1. The summed E-state index contributed by atoms with van der Waals surface area (Å²) in [5.41, 5.74) is -0.871. The van der Waals surface area contributed by atoms with Crippen LogP contribution in [0, 0.1) is 11.6 Å². The van der Waals surface area contributed by atoms with E-state index in [-0.39, 0.29) is 17.8 Å². The summed E-state index contributed by atoms with van der Waals surface area (Å²) in [5, 5.41) is 0. The highest BCUT2D eigenvalue weighted by Gasteiger charge is 2.39. The molecule has 19 heavy (non-hydrogen) atoms. The minimum Gasteiger partial charge on any atom is -0.381 e. The van der Waals surface area contributed by atoms with Crippen LogP contribution in [0.4, 0.5) is 8.78 Å². The number of Topliss-reactive ketones (excluding diaryl/α,β-unsaturated/α-hetero) is 1. The Morgan fingerprint density at radius 3 is 2.68 bits per heavy atom. The number of carbonyl (C=O) groups is 1. The Labute approximate surface area is 110 Å². The second-order valence-electron chi connectivity index (χ2n) is 4.65. The van der Waals surface area contributed by atoms with E-state index in [9.17, 15) is 13.6 Å². The monoisotopic (exact) mass is 270 g/mol. The molecule has 1 heterocycles. The lowest BCUT2D eigenvalue weighted by Crippen LogP contribution is -2.46. The molecule has 0 unspecified atom stereocenters. The summed E-state index contributed by atoms with van der Waals surface area (Å²) in [6.07, 6.45) is 0.718. The molecule has 1 saturated heterocycles. The van der Waals surface area contributed by atoms with Crippen molar-refractivity contribution in [1.29, 1.82) is 0 Å². The van der Waals surface area contributed by atoms with E-state index in [0.29, 0.717) is 26.1 Å². The van der Waals surface area contributed by atoms with E-state index >= 15 is 0 Å². The predicted molar refractivity (Wildman–Crippen MR) is 64.9 cm³/mol. The lowest BCUT2D eigenvalue weighted by atomic mass is 9.86. The highest BCUT2D eigenvalue weighted by molar-refractivity contribution is 5.89. The van der Waals surface area contributed by atoms with Crippen molar-refractivity contribution < 1.29 is 23.0 Å². The molecular formula is C14H16F2O3. The quantitative estimate of drug-likeness (QED) is 0.842. The first-order valence-corrected chi connectivity index (χ1v) is 6.17. The first-order chi connectivity index (χ1) is 9.07. The lowest BCUT2D eigenvalue weighted by molar-refractivity contribution is -0.152. The molecule has 0 N–H and O–H groups in total. The fraction of sp³-hybridized carbons (Fsp3) is 0.500. The lowest BCUT2D eigenvalue weighted by Gasteiger charge is -2.34. The number of ether oxygens (including phenoxy) is 2. The Balaban J connectivity index is 2.17. The molecule has 0 radical (unpaired) electrons. The van der Waals surface area contributed by atoms with Crippen molar-refractivity contribution in [3.8, 4) is 0 Å². The minimum atomic E-state index is -0.934. The largest absolute Gasteiger partial charge is 0.381 e. The summed E-state index contributed by atoms with van der Waals surface area (Å²) in [5.74, 6) is -1.36. The summed E-state index contributed by atoms with van der Waals surface area (Å²) < 4.78 is 37.2. The molecule has 3 nitrogen and oxygen atoms in total. The van der Waals surface area contributed by atoms with Crippen molar-refractivity contribution in [2.45, 2.75) is 24.9 Å². The molecule has 0 aliphatic carbocycles. The van der Waals surface area contributed by atoms with E-state index < -0.39 is 17.2 Å². The molecule has 5 heteroatoms. The molecule has 0 spiro atoms. The number of benzene rings is 1. The van der Waals surface area contributed by atoms with Gasteiger partial charge in [-0.1, -0.05) is 0 Å². The van der Waals surface area contributed by atoms with Crippen LogP contribution in [0.5, 0.6) is 0 Å². The van der Waals surface area contributed by atoms with Gasteiger partial charge in [0.05, 0.1) is 0 Å². The van der Waals surface area contributed by atoms with Crippen LogP contribution in [-0.2, 0) is 20.7 Å². The van der Waals surface area contributed by atoms with Gasteiger partial charge in [-0.05, 0) is 23.8 Å². The molecule has 1 aromatic carbocycles. The number of methoxy groups -OCH3 is 1. The Kier molecular flexibility index (Phi) is 4.27. The molecule has 104 valence electrons. The van der Waals surface area contributed by atoms with Crippen molar-refractivity contribution in [3.63, 3.8) is 0 Å². The maximum absolute atomic E-state index is 13.5. The van der Waals surface area contributed by atoms with E-state index in [4.69, 9.17) is 9.47 Å². The average Bonchev–Trinajstić information content (AvgIpc) is 2.43. The fourth-order valence-corrected chi connectivity index (χ4v) is 2.31. The zero-order valence-corrected chi connectivity index (χ0v) is 10.7. The maximum atomic E-state index is 13.5. The fourth-order valence-electron chi connectivity index (χ4n) is 2.31. The molecule has 0 saturated carbocycles. The third-order valence-electron chi connectivity index (χ3n) is 3.56. The number of ketones is 1. The summed E-state index contributed by atoms with van der Waals surface area (Å²) in [6.45, 7) is 0.871. The van der Waals surface area contributed by atoms with E-state index in [1.54, 1.807) is 0 Å². The van der Waals surface area contributed by atoms with Crippen LogP contribution < -0.4 is 0 Å². The maximum Gasteiger partial charge on any atom is 0.169 e. The summed E-state index contributed by atoms with van der Waals surface area (Å²) in [6, 6.07) is 3.11. The van der Waals surface area contributed by atoms with Gasteiger partial charge in [0.15, 0.2) is 5.78 Å². The van der Waals surface area contributed by atoms with Gasteiger partial charge in [-0.3, -0.25) is 4.79 Å². The summed E-state index contributed by atoms with van der Waals surface area (Å²) in [7, 11) is 1.46. The molecule has 1 aliphatic rings. The highest BCUT2D eigenvalue weighted by Crippen LogP contribution is 2.27. The number of carbonyl (C=O) groups excluding carboxylic acids is 1. The first-order valence-electron chi connectivity index (χ1n) is 6.17. The second kappa shape index (κ2) is 5.75. The van der Waals surface area contributed by atoms with Gasteiger partial charge in [0.25, 0.3) is 0 Å². The zero-order chi connectivity index (χ0) is 13.9. The smallest absolute Gasteiger partial charge is 0.169 e. The van der Waals surface area contributed by atoms with Gasteiger partial charge in [0, 0.05) is 39.6 Å². The van der Waals surface area contributed by atoms with Crippen LogP contribution in [0.15, 0.2) is 18.2 Å². The van der Waals surface area contributed by atoms with Gasteiger partial charge in [-0.2, -0.15) is 0 Å². The third kappa shape index (κ3) is 2.98. The van der Waals surface area contributed by atoms with Crippen molar-refractivity contribution in [2.24, 2.45) is 0 Å². The van der Waals surface area contributed by atoms with Gasteiger partial charge in [0.1, 0.15) is 17.2 Å². The van der Waals surface area contributed by atoms with E-state index in [2.05, 4.69) is 0 Å². The number of halogens is 2. The van der Waals surface area contributed by atoms with E-state index in [1.807, 2.05) is 0 Å². The van der Waals surface area contributed by atoms with Crippen molar-refractivity contribution in [1.82, 2.24) is 0 Å². The molecule has 1 aromatic rings.